The lowest BCUT2D eigenvalue weighted by atomic mass is 10.2. The van der Waals surface area contributed by atoms with Gasteiger partial charge in [0.2, 0.25) is 5.91 Å². The molecular formula is C21H23N3O2. The first-order valence-corrected chi connectivity index (χ1v) is 8.63. The monoisotopic (exact) mass is 349 g/mol. The number of hydrogen-bond donors (Lipinski definition) is 1. The normalized spacial score (nSPS) is 10.9. The highest BCUT2D eigenvalue weighted by Gasteiger charge is 2.09. The number of carbonyl (C=O) groups is 1. The number of carbonyl (C=O) groups excluding carboxylic acids is 1. The highest BCUT2D eigenvalue weighted by atomic mass is 16.5. The Bertz CT molecular complexity index is 873. The van der Waals surface area contributed by atoms with Gasteiger partial charge in [0.25, 0.3) is 0 Å². The van der Waals surface area contributed by atoms with Crippen molar-refractivity contribution in [2.75, 3.05) is 32.1 Å². The second-order valence-electron chi connectivity index (χ2n) is 6.32. The molecule has 0 saturated carbocycles. The average Bonchev–Trinajstić information content (AvgIpc) is 2.63. The van der Waals surface area contributed by atoms with Crippen LogP contribution in [-0.2, 0) is 4.79 Å². The van der Waals surface area contributed by atoms with Crippen molar-refractivity contribution in [3.05, 3.63) is 66.4 Å². The summed E-state index contributed by atoms with van der Waals surface area (Å²) in [6, 6.07) is 17.5. The fourth-order valence-electron chi connectivity index (χ4n) is 2.68. The Morgan fingerprint density at radius 1 is 1.12 bits per heavy atom. The molecule has 3 rings (SSSR count). The van der Waals surface area contributed by atoms with E-state index in [1.807, 2.05) is 73.5 Å². The third kappa shape index (κ3) is 4.80. The number of anilines is 1. The summed E-state index contributed by atoms with van der Waals surface area (Å²) in [6.45, 7) is 3.54. The van der Waals surface area contributed by atoms with Gasteiger partial charge in [-0.3, -0.25) is 14.7 Å². The molecular weight excluding hydrogens is 326 g/mol. The molecule has 1 aromatic heterocycles. The minimum Gasteiger partial charge on any atom is -0.492 e. The van der Waals surface area contributed by atoms with E-state index in [0.29, 0.717) is 19.7 Å². The number of aromatic nitrogens is 1. The minimum atomic E-state index is -0.0563. The summed E-state index contributed by atoms with van der Waals surface area (Å²) in [5.74, 6) is 0.788. The van der Waals surface area contributed by atoms with Crippen LogP contribution < -0.4 is 10.1 Å². The molecule has 1 amide bonds. The number of benzene rings is 2. The van der Waals surface area contributed by atoms with Crippen LogP contribution in [0.15, 0.2) is 60.8 Å². The predicted molar refractivity (Wildman–Crippen MR) is 105 cm³/mol. The van der Waals surface area contributed by atoms with E-state index in [1.54, 1.807) is 6.20 Å². The lowest BCUT2D eigenvalue weighted by Crippen LogP contribution is -2.33. The summed E-state index contributed by atoms with van der Waals surface area (Å²) in [5.41, 5.74) is 2.85. The number of amides is 1. The summed E-state index contributed by atoms with van der Waals surface area (Å²) in [6.07, 6.45) is 1.75. The molecule has 1 N–H and O–H groups in total. The van der Waals surface area contributed by atoms with Crippen molar-refractivity contribution in [3.63, 3.8) is 0 Å². The molecule has 0 aliphatic heterocycles. The van der Waals surface area contributed by atoms with E-state index in [2.05, 4.69) is 10.3 Å². The molecule has 0 bridgehead atoms. The molecule has 134 valence electrons. The van der Waals surface area contributed by atoms with E-state index in [9.17, 15) is 4.79 Å². The summed E-state index contributed by atoms with van der Waals surface area (Å²) in [4.78, 5) is 18.6. The minimum absolute atomic E-state index is 0.0563. The quantitative estimate of drug-likeness (QED) is 0.709. The average molecular weight is 349 g/mol. The van der Waals surface area contributed by atoms with Crippen molar-refractivity contribution in [1.29, 1.82) is 0 Å². The molecule has 26 heavy (non-hydrogen) atoms. The summed E-state index contributed by atoms with van der Waals surface area (Å²) in [7, 11) is 1.91. The maximum absolute atomic E-state index is 12.3. The van der Waals surface area contributed by atoms with Gasteiger partial charge in [-0.2, -0.15) is 0 Å². The number of aryl methyl sites for hydroxylation is 1. The first-order valence-electron chi connectivity index (χ1n) is 8.63. The van der Waals surface area contributed by atoms with E-state index < -0.39 is 0 Å². The molecule has 0 saturated heterocycles. The Morgan fingerprint density at radius 2 is 1.92 bits per heavy atom. The molecule has 0 spiro atoms. The smallest absolute Gasteiger partial charge is 0.238 e. The van der Waals surface area contributed by atoms with Gasteiger partial charge in [-0.15, -0.1) is 0 Å². The van der Waals surface area contributed by atoms with Crippen LogP contribution in [0, 0.1) is 6.92 Å². The first kappa shape index (κ1) is 17.9. The molecule has 0 radical (unpaired) electrons. The number of rotatable bonds is 7. The van der Waals surface area contributed by atoms with Crippen LogP contribution in [0.5, 0.6) is 5.75 Å². The maximum atomic E-state index is 12.3. The fraction of sp³-hybridized carbons (Fsp3) is 0.238. The molecule has 0 aliphatic carbocycles. The van der Waals surface area contributed by atoms with Crippen LogP contribution in [0.4, 0.5) is 5.69 Å². The summed E-state index contributed by atoms with van der Waals surface area (Å²) < 4.78 is 5.71. The van der Waals surface area contributed by atoms with E-state index in [0.717, 1.165) is 22.3 Å². The molecule has 5 nitrogen and oxygen atoms in total. The van der Waals surface area contributed by atoms with Gasteiger partial charge in [0, 0.05) is 18.1 Å². The third-order valence-electron chi connectivity index (χ3n) is 4.10. The molecule has 0 fully saturated rings. The third-order valence-corrected chi connectivity index (χ3v) is 4.10. The molecule has 0 unspecified atom stereocenters. The van der Waals surface area contributed by atoms with Gasteiger partial charge in [-0.25, -0.2) is 0 Å². The second-order valence-corrected chi connectivity index (χ2v) is 6.32. The van der Waals surface area contributed by atoms with Gasteiger partial charge in [-0.1, -0.05) is 23.8 Å². The predicted octanol–water partition coefficient (Wildman–Crippen LogP) is 3.49. The van der Waals surface area contributed by atoms with E-state index in [1.165, 1.54) is 5.56 Å². The Labute approximate surface area is 153 Å². The Balaban J connectivity index is 1.48. The topological polar surface area (TPSA) is 54.5 Å². The molecule has 2 aromatic carbocycles. The number of pyridine rings is 1. The lowest BCUT2D eigenvalue weighted by molar-refractivity contribution is -0.117. The SMILES string of the molecule is Cc1ccc(OCCN(C)CC(=O)Nc2cccc3ncccc23)cc1. The number of fused-ring (bicyclic) bond motifs is 1. The van der Waals surface area contributed by atoms with Crippen molar-refractivity contribution in [1.82, 2.24) is 9.88 Å². The van der Waals surface area contributed by atoms with Gasteiger partial charge in [0.1, 0.15) is 12.4 Å². The van der Waals surface area contributed by atoms with Crippen LogP contribution in [0.1, 0.15) is 5.56 Å². The van der Waals surface area contributed by atoms with Gasteiger partial charge in [0.05, 0.1) is 17.7 Å². The van der Waals surface area contributed by atoms with Gasteiger partial charge < -0.3 is 10.1 Å². The van der Waals surface area contributed by atoms with Gasteiger partial charge >= 0.3 is 0 Å². The lowest BCUT2D eigenvalue weighted by Gasteiger charge is -2.17. The zero-order chi connectivity index (χ0) is 18.4. The maximum Gasteiger partial charge on any atom is 0.238 e. The number of nitrogens with one attached hydrogen (secondary N) is 1. The van der Waals surface area contributed by atoms with Crippen molar-refractivity contribution in [2.45, 2.75) is 6.92 Å². The van der Waals surface area contributed by atoms with E-state index >= 15 is 0 Å². The molecule has 0 atom stereocenters. The van der Waals surface area contributed by atoms with Crippen LogP contribution in [0.3, 0.4) is 0 Å². The number of likely N-dealkylation sites (N-methyl/N-ethyl adjacent to an activating group) is 1. The molecule has 5 heteroatoms. The van der Waals surface area contributed by atoms with Crippen LogP contribution in [0.25, 0.3) is 10.9 Å². The molecule has 3 aromatic rings. The zero-order valence-corrected chi connectivity index (χ0v) is 15.1. The van der Waals surface area contributed by atoms with Crippen molar-refractivity contribution < 1.29 is 9.53 Å². The Hall–Kier alpha value is -2.92. The van der Waals surface area contributed by atoms with E-state index in [4.69, 9.17) is 4.74 Å². The highest BCUT2D eigenvalue weighted by Crippen LogP contribution is 2.21. The number of nitrogens with zero attached hydrogens (tertiary/aromatic N) is 2. The van der Waals surface area contributed by atoms with Crippen LogP contribution in [-0.4, -0.2) is 42.5 Å². The fourth-order valence-corrected chi connectivity index (χ4v) is 2.68. The first-order chi connectivity index (χ1) is 12.6. The number of ether oxygens (including phenoxy) is 1. The van der Waals surface area contributed by atoms with Gasteiger partial charge in [-0.05, 0) is 50.4 Å². The van der Waals surface area contributed by atoms with Crippen molar-refractivity contribution >= 4 is 22.5 Å². The van der Waals surface area contributed by atoms with Crippen molar-refractivity contribution in [3.8, 4) is 5.75 Å². The summed E-state index contributed by atoms with van der Waals surface area (Å²) >= 11 is 0. The Kier molecular flexibility index (Phi) is 5.81. The Morgan fingerprint density at radius 3 is 2.73 bits per heavy atom. The molecule has 1 heterocycles. The molecule has 0 aliphatic rings. The largest absolute Gasteiger partial charge is 0.492 e. The second kappa shape index (κ2) is 8.45. The van der Waals surface area contributed by atoms with Crippen molar-refractivity contribution in [2.24, 2.45) is 0 Å². The summed E-state index contributed by atoms with van der Waals surface area (Å²) in [5, 5.41) is 3.91. The number of hydrogen-bond acceptors (Lipinski definition) is 4. The highest BCUT2D eigenvalue weighted by molar-refractivity contribution is 6.01. The standard InChI is InChI=1S/C21H23N3O2/c1-16-8-10-17(11-9-16)26-14-13-24(2)15-21(25)23-20-7-3-6-19-18(20)5-4-12-22-19/h3-12H,13-15H2,1-2H3,(H,23,25). The van der Waals surface area contributed by atoms with E-state index in [-0.39, 0.29) is 5.91 Å². The van der Waals surface area contributed by atoms with Crippen LogP contribution in [0.2, 0.25) is 0 Å². The van der Waals surface area contributed by atoms with Crippen LogP contribution >= 0.6 is 0 Å². The van der Waals surface area contributed by atoms with Gasteiger partial charge in [0.15, 0.2) is 0 Å². The zero-order valence-electron chi connectivity index (χ0n) is 15.1.